The first-order chi connectivity index (χ1) is 16.3. The number of nitrogens with one attached hydrogen (secondary N) is 1. The molecule has 0 saturated carbocycles. The van der Waals surface area contributed by atoms with Crippen LogP contribution in [-0.4, -0.2) is 63.9 Å². The zero-order chi connectivity index (χ0) is 24.4. The van der Waals surface area contributed by atoms with Crippen LogP contribution in [-0.2, 0) is 9.53 Å². The van der Waals surface area contributed by atoms with Crippen molar-refractivity contribution in [3.8, 4) is 5.13 Å². The molecular weight excluding hydrogens is 458 g/mol. The Morgan fingerprint density at radius 3 is 2.74 bits per heavy atom. The summed E-state index contributed by atoms with van der Waals surface area (Å²) in [6.45, 7) is 7.80. The maximum absolute atomic E-state index is 12.9. The van der Waals surface area contributed by atoms with Gasteiger partial charge < -0.3 is 20.1 Å². The number of aryl methyl sites for hydroxylation is 1. The van der Waals surface area contributed by atoms with Crippen molar-refractivity contribution in [2.45, 2.75) is 33.2 Å². The van der Waals surface area contributed by atoms with Crippen LogP contribution in [0.4, 0.5) is 5.82 Å². The maximum atomic E-state index is 12.9. The Morgan fingerprint density at radius 2 is 2.12 bits per heavy atom. The Bertz CT molecular complexity index is 1270. The Balaban J connectivity index is 1.62. The molecule has 11 heteroatoms. The third kappa shape index (κ3) is 4.53. The van der Waals surface area contributed by atoms with Crippen LogP contribution in [0.25, 0.3) is 16.2 Å². The monoisotopic (exact) mass is 485 g/mol. The minimum absolute atomic E-state index is 0.00823. The fourth-order valence-electron chi connectivity index (χ4n) is 3.94. The zero-order valence-electron chi connectivity index (χ0n) is 19.3. The van der Waals surface area contributed by atoms with E-state index in [1.54, 1.807) is 29.1 Å². The van der Waals surface area contributed by atoms with Crippen molar-refractivity contribution >= 4 is 40.1 Å². The summed E-state index contributed by atoms with van der Waals surface area (Å²) in [6.07, 6.45) is 3.67. The number of amides is 1. The lowest BCUT2D eigenvalue weighted by Gasteiger charge is -2.40. The van der Waals surface area contributed by atoms with Crippen LogP contribution in [0, 0.1) is 12.8 Å². The second-order valence-corrected chi connectivity index (χ2v) is 9.11. The van der Waals surface area contributed by atoms with Gasteiger partial charge in [0.25, 0.3) is 0 Å². The summed E-state index contributed by atoms with van der Waals surface area (Å²) in [7, 11) is 0. The molecule has 1 saturated heterocycles. The molecule has 4 heterocycles. The number of thiazole rings is 1. The van der Waals surface area contributed by atoms with Gasteiger partial charge in [-0.05, 0) is 31.9 Å². The summed E-state index contributed by atoms with van der Waals surface area (Å²) in [5.41, 5.74) is 0.0517. The van der Waals surface area contributed by atoms with Crippen LogP contribution < -0.4 is 15.6 Å². The Kier molecular flexibility index (Phi) is 6.94. The summed E-state index contributed by atoms with van der Waals surface area (Å²) in [5.74, 6) is -0.842. The molecule has 0 spiro atoms. The maximum Gasteiger partial charge on any atom is 0.341 e. The fraction of sp³-hybridized carbons (Fsp3) is 0.435. The highest BCUT2D eigenvalue weighted by molar-refractivity contribution is 7.12. The molecule has 3 aromatic heterocycles. The van der Waals surface area contributed by atoms with Crippen LogP contribution in [0.3, 0.4) is 0 Å². The normalized spacial score (nSPS) is 14.7. The standard InChI is InChI=1S/C23H27N5O5S/c1-4-15(12-33-5-2)25-21(30)14-9-27(10-14)17-8-13(3)18-19(29)16(22(31)32)11-28(20(18)26-17)23-24-6-7-34-23/h6-8,11,14-15H,4-5,9-10,12H2,1-3H3,(H,25,30)(H,31,32)/t15-/m0/s1. The average molecular weight is 486 g/mol. The van der Waals surface area contributed by atoms with E-state index in [0.29, 0.717) is 48.5 Å². The van der Waals surface area contributed by atoms with E-state index in [1.165, 1.54) is 17.5 Å². The van der Waals surface area contributed by atoms with Crippen molar-refractivity contribution in [2.75, 3.05) is 31.2 Å². The SMILES string of the molecule is CCOC[C@H](CC)NC(=O)C1CN(c2cc(C)c3c(=O)c(C(=O)O)cn(-c4nccs4)c3n2)C1. The Morgan fingerprint density at radius 1 is 1.35 bits per heavy atom. The summed E-state index contributed by atoms with van der Waals surface area (Å²) >= 11 is 1.31. The number of rotatable bonds is 9. The van der Waals surface area contributed by atoms with Crippen molar-refractivity contribution in [2.24, 2.45) is 5.92 Å². The lowest BCUT2D eigenvalue weighted by Crippen LogP contribution is -2.56. The quantitative estimate of drug-likeness (QED) is 0.472. The Hall–Kier alpha value is -3.31. The van der Waals surface area contributed by atoms with E-state index in [1.807, 2.05) is 18.7 Å². The van der Waals surface area contributed by atoms with Gasteiger partial charge in [-0.15, -0.1) is 11.3 Å². The highest BCUT2D eigenvalue weighted by Gasteiger charge is 2.35. The molecule has 1 aliphatic rings. The van der Waals surface area contributed by atoms with Crippen molar-refractivity contribution in [1.29, 1.82) is 0 Å². The average Bonchev–Trinajstić information content (AvgIpc) is 3.30. The van der Waals surface area contributed by atoms with Gasteiger partial charge in [-0.2, -0.15) is 0 Å². The number of aromatic nitrogens is 3. The van der Waals surface area contributed by atoms with Crippen LogP contribution in [0.15, 0.2) is 28.6 Å². The number of carboxylic acid groups (broad SMARTS) is 1. The van der Waals surface area contributed by atoms with Crippen LogP contribution in [0.1, 0.15) is 36.2 Å². The number of hydrogen-bond donors (Lipinski definition) is 2. The van der Waals surface area contributed by atoms with Gasteiger partial charge in [-0.25, -0.2) is 14.8 Å². The summed E-state index contributed by atoms with van der Waals surface area (Å²) in [4.78, 5) is 48.2. The topological polar surface area (TPSA) is 127 Å². The van der Waals surface area contributed by atoms with Crippen LogP contribution in [0.2, 0.25) is 0 Å². The van der Waals surface area contributed by atoms with E-state index in [4.69, 9.17) is 9.72 Å². The van der Waals surface area contributed by atoms with Gasteiger partial charge in [-0.3, -0.25) is 14.2 Å². The summed E-state index contributed by atoms with van der Waals surface area (Å²) in [5, 5.41) is 15.1. The molecule has 34 heavy (non-hydrogen) atoms. The van der Waals surface area contributed by atoms with Crippen molar-refractivity contribution in [1.82, 2.24) is 19.9 Å². The number of carbonyl (C=O) groups excluding carboxylic acids is 1. The van der Waals surface area contributed by atoms with E-state index < -0.39 is 11.4 Å². The first-order valence-electron chi connectivity index (χ1n) is 11.2. The molecule has 1 fully saturated rings. The fourth-order valence-corrected chi connectivity index (χ4v) is 4.56. The largest absolute Gasteiger partial charge is 0.477 e. The number of ether oxygens (including phenoxy) is 1. The molecule has 1 aliphatic heterocycles. The molecule has 0 bridgehead atoms. The third-order valence-electron chi connectivity index (χ3n) is 5.94. The van der Waals surface area contributed by atoms with Crippen LogP contribution in [0.5, 0.6) is 0 Å². The molecule has 1 atom stereocenters. The second-order valence-electron chi connectivity index (χ2n) is 8.23. The van der Waals surface area contributed by atoms with E-state index in [9.17, 15) is 19.5 Å². The van der Waals surface area contributed by atoms with Crippen molar-refractivity contribution < 1.29 is 19.4 Å². The molecule has 4 rings (SSSR count). The highest BCUT2D eigenvalue weighted by atomic mass is 32.1. The number of anilines is 1. The predicted molar refractivity (Wildman–Crippen MR) is 129 cm³/mol. The first kappa shape index (κ1) is 23.8. The van der Waals surface area contributed by atoms with E-state index in [2.05, 4.69) is 10.3 Å². The highest BCUT2D eigenvalue weighted by Crippen LogP contribution is 2.28. The molecule has 3 aromatic rings. The number of pyridine rings is 2. The van der Waals surface area contributed by atoms with E-state index in [-0.39, 0.29) is 28.8 Å². The summed E-state index contributed by atoms with van der Waals surface area (Å²) in [6, 6.07) is 1.75. The molecule has 0 aromatic carbocycles. The van der Waals surface area contributed by atoms with Crippen molar-refractivity contribution in [3.63, 3.8) is 0 Å². The van der Waals surface area contributed by atoms with Gasteiger partial charge in [0.2, 0.25) is 11.3 Å². The molecule has 10 nitrogen and oxygen atoms in total. The molecule has 180 valence electrons. The number of carbonyl (C=O) groups is 2. The van der Waals surface area contributed by atoms with Gasteiger partial charge in [-0.1, -0.05) is 6.92 Å². The van der Waals surface area contributed by atoms with Gasteiger partial charge in [0.15, 0.2) is 10.8 Å². The van der Waals surface area contributed by atoms with Gasteiger partial charge in [0.05, 0.1) is 24.0 Å². The third-order valence-corrected chi connectivity index (χ3v) is 6.71. The smallest absolute Gasteiger partial charge is 0.341 e. The van der Waals surface area contributed by atoms with Gasteiger partial charge in [0.1, 0.15) is 11.4 Å². The van der Waals surface area contributed by atoms with Crippen molar-refractivity contribution in [3.05, 3.63) is 45.2 Å². The Labute approximate surface area is 200 Å². The lowest BCUT2D eigenvalue weighted by molar-refractivity contribution is -0.127. The van der Waals surface area contributed by atoms with E-state index >= 15 is 0 Å². The molecule has 0 aliphatic carbocycles. The molecule has 1 amide bonds. The number of hydrogen-bond acceptors (Lipinski definition) is 8. The van der Waals surface area contributed by atoms with Gasteiger partial charge in [0, 0.05) is 37.5 Å². The number of nitrogens with zero attached hydrogens (tertiary/aromatic N) is 4. The zero-order valence-corrected chi connectivity index (χ0v) is 20.1. The van der Waals surface area contributed by atoms with Crippen LogP contribution >= 0.6 is 11.3 Å². The molecule has 2 N–H and O–H groups in total. The predicted octanol–water partition coefficient (Wildman–Crippen LogP) is 2.22. The first-order valence-corrected chi connectivity index (χ1v) is 12.0. The van der Waals surface area contributed by atoms with Gasteiger partial charge >= 0.3 is 5.97 Å². The number of fused-ring (bicyclic) bond motifs is 1. The second kappa shape index (κ2) is 9.90. The van der Waals surface area contributed by atoms with E-state index in [0.717, 1.165) is 6.42 Å². The number of carboxylic acids is 1. The minimum atomic E-state index is -1.30. The molecule has 0 radical (unpaired) electrons. The molecule has 0 unspecified atom stereocenters. The lowest BCUT2D eigenvalue weighted by atomic mass is 9.98. The summed E-state index contributed by atoms with van der Waals surface area (Å²) < 4.78 is 6.98. The minimum Gasteiger partial charge on any atom is -0.477 e. The number of aromatic carboxylic acids is 1. The molecular formula is C23H27N5O5S.